The van der Waals surface area contributed by atoms with Crippen LogP contribution in [0.15, 0.2) is 42.7 Å². The predicted octanol–water partition coefficient (Wildman–Crippen LogP) is 2.75. The second kappa shape index (κ2) is 8.33. The summed E-state index contributed by atoms with van der Waals surface area (Å²) in [5.74, 6) is 0.592. The van der Waals surface area contributed by atoms with Crippen molar-refractivity contribution in [3.63, 3.8) is 0 Å². The van der Waals surface area contributed by atoms with Crippen molar-refractivity contribution >= 4 is 21.1 Å². The Morgan fingerprint density at radius 3 is 2.63 bits per heavy atom. The van der Waals surface area contributed by atoms with Gasteiger partial charge in [-0.2, -0.15) is 0 Å². The number of halogens is 1. The summed E-state index contributed by atoms with van der Waals surface area (Å²) in [6.07, 6.45) is 5.50. The lowest BCUT2D eigenvalue weighted by molar-refractivity contribution is 0.0546. The molecule has 0 unspecified atom stereocenters. The van der Waals surface area contributed by atoms with Gasteiger partial charge in [0, 0.05) is 24.5 Å². The van der Waals surface area contributed by atoms with Gasteiger partial charge >= 0.3 is 0 Å². The lowest BCUT2D eigenvalue weighted by Crippen LogP contribution is -2.42. The van der Waals surface area contributed by atoms with Crippen molar-refractivity contribution in [2.75, 3.05) is 26.0 Å². The minimum Gasteiger partial charge on any atom is -0.489 e. The van der Waals surface area contributed by atoms with Crippen molar-refractivity contribution in [1.82, 2.24) is 20.0 Å². The van der Waals surface area contributed by atoms with Crippen LogP contribution in [0.5, 0.6) is 5.75 Å². The molecule has 30 heavy (non-hydrogen) atoms. The quantitative estimate of drug-likeness (QED) is 0.534. The van der Waals surface area contributed by atoms with E-state index in [1.165, 1.54) is 0 Å². The zero-order chi connectivity index (χ0) is 21.2. The second-order valence-corrected chi connectivity index (χ2v) is 9.55. The number of ether oxygens (including phenoxy) is 1. The van der Waals surface area contributed by atoms with Crippen molar-refractivity contribution in [1.29, 1.82) is 0 Å². The molecule has 0 amide bonds. The Labute approximate surface area is 175 Å². The number of rotatable bonds is 7. The predicted molar refractivity (Wildman–Crippen MR) is 115 cm³/mol. The Bertz CT molecular complexity index is 1120. The highest BCUT2D eigenvalue weighted by molar-refractivity contribution is 7.88. The summed E-state index contributed by atoms with van der Waals surface area (Å²) < 4.78 is 45.9. The Kier molecular flexibility index (Phi) is 5.77. The molecule has 3 N–H and O–H groups in total. The van der Waals surface area contributed by atoms with Crippen LogP contribution in [0.25, 0.3) is 22.2 Å². The molecule has 1 aliphatic heterocycles. The van der Waals surface area contributed by atoms with Gasteiger partial charge < -0.3 is 15.0 Å². The summed E-state index contributed by atoms with van der Waals surface area (Å²) in [4.78, 5) is 7.51. The Balaban J connectivity index is 1.57. The molecule has 0 radical (unpaired) electrons. The molecule has 1 aliphatic rings. The van der Waals surface area contributed by atoms with Gasteiger partial charge in [0.05, 0.1) is 11.6 Å². The van der Waals surface area contributed by atoms with Crippen LogP contribution in [-0.4, -0.2) is 50.0 Å². The first kappa shape index (κ1) is 20.8. The number of aromatic amines is 1. The smallest absolute Gasteiger partial charge is 0.209 e. The molecule has 3 heterocycles. The number of hydrogen-bond donors (Lipinski definition) is 3. The highest BCUT2D eigenvalue weighted by atomic mass is 32.2. The van der Waals surface area contributed by atoms with Crippen LogP contribution in [-0.2, 0) is 16.6 Å². The standard InChI is InChI=1S/C21H25FN4O3S/c1-30(27,28)26-12-15-2-4-16(5-3-15)17-13-25-20-19(17)18(6-9-24-20)29-14-21(22)7-10-23-11-8-21/h2-6,9,13,23,26H,7-8,10-12,14H2,1H3,(H,24,25). The highest BCUT2D eigenvalue weighted by Crippen LogP contribution is 2.35. The zero-order valence-corrected chi connectivity index (χ0v) is 17.6. The third-order valence-corrected chi connectivity index (χ3v) is 5.99. The molecule has 0 aliphatic carbocycles. The molecule has 0 atom stereocenters. The van der Waals surface area contributed by atoms with Crippen LogP contribution in [0.4, 0.5) is 4.39 Å². The van der Waals surface area contributed by atoms with Crippen molar-refractivity contribution in [3.8, 4) is 16.9 Å². The minimum atomic E-state index is -3.25. The van der Waals surface area contributed by atoms with Crippen molar-refractivity contribution < 1.29 is 17.5 Å². The third kappa shape index (κ3) is 4.80. The van der Waals surface area contributed by atoms with E-state index in [0.29, 0.717) is 37.3 Å². The van der Waals surface area contributed by atoms with Gasteiger partial charge in [0.15, 0.2) is 0 Å². The second-order valence-electron chi connectivity index (χ2n) is 7.71. The van der Waals surface area contributed by atoms with E-state index in [1.807, 2.05) is 30.5 Å². The van der Waals surface area contributed by atoms with Gasteiger partial charge in [-0.25, -0.2) is 22.5 Å². The van der Waals surface area contributed by atoms with Gasteiger partial charge in [-0.3, -0.25) is 0 Å². The fourth-order valence-electron chi connectivity index (χ4n) is 3.62. The Morgan fingerprint density at radius 1 is 1.20 bits per heavy atom. The summed E-state index contributed by atoms with van der Waals surface area (Å²) in [6.45, 7) is 1.55. The first-order chi connectivity index (χ1) is 14.3. The molecular weight excluding hydrogens is 407 g/mol. The molecule has 1 saturated heterocycles. The number of aromatic nitrogens is 2. The van der Waals surface area contributed by atoms with E-state index in [2.05, 4.69) is 20.0 Å². The van der Waals surface area contributed by atoms with E-state index in [0.717, 1.165) is 28.3 Å². The molecule has 4 rings (SSSR count). The topological polar surface area (TPSA) is 96.1 Å². The number of benzene rings is 1. The van der Waals surface area contributed by atoms with Crippen LogP contribution in [0.2, 0.25) is 0 Å². The number of piperidine rings is 1. The molecule has 7 nitrogen and oxygen atoms in total. The Hall–Kier alpha value is -2.49. The maximum atomic E-state index is 15.0. The van der Waals surface area contributed by atoms with Gasteiger partial charge in [-0.15, -0.1) is 0 Å². The molecular formula is C21H25FN4O3S. The van der Waals surface area contributed by atoms with Gasteiger partial charge in [-0.05, 0) is 43.1 Å². The van der Waals surface area contributed by atoms with Gasteiger partial charge in [-0.1, -0.05) is 24.3 Å². The molecule has 0 spiro atoms. The minimum absolute atomic E-state index is 0.00844. The van der Waals surface area contributed by atoms with Crippen LogP contribution in [0.3, 0.4) is 0 Å². The number of nitrogens with zero attached hydrogens (tertiary/aromatic N) is 1. The average molecular weight is 433 g/mol. The number of pyridine rings is 1. The normalized spacial score (nSPS) is 16.6. The average Bonchev–Trinajstić information content (AvgIpc) is 3.16. The number of alkyl halides is 1. The largest absolute Gasteiger partial charge is 0.489 e. The number of hydrogen-bond acceptors (Lipinski definition) is 5. The van der Waals surface area contributed by atoms with E-state index in [4.69, 9.17) is 4.74 Å². The van der Waals surface area contributed by atoms with Crippen molar-refractivity contribution in [3.05, 3.63) is 48.3 Å². The van der Waals surface area contributed by atoms with Gasteiger partial charge in [0.2, 0.25) is 10.0 Å². The summed E-state index contributed by atoms with van der Waals surface area (Å²) in [5, 5.41) is 3.97. The first-order valence-electron chi connectivity index (χ1n) is 9.85. The van der Waals surface area contributed by atoms with E-state index in [9.17, 15) is 12.8 Å². The summed E-state index contributed by atoms with van der Waals surface area (Å²) in [7, 11) is -3.25. The fourth-order valence-corrected chi connectivity index (χ4v) is 4.05. The number of H-pyrrole nitrogens is 1. The SMILES string of the molecule is CS(=O)(=O)NCc1ccc(-c2c[nH]c3nccc(OCC4(F)CCNCC4)c23)cc1. The van der Waals surface area contributed by atoms with E-state index < -0.39 is 15.7 Å². The first-order valence-corrected chi connectivity index (χ1v) is 11.7. The molecule has 0 bridgehead atoms. The molecule has 1 aromatic carbocycles. The molecule has 0 saturated carbocycles. The van der Waals surface area contributed by atoms with Crippen LogP contribution < -0.4 is 14.8 Å². The number of fused-ring (bicyclic) bond motifs is 1. The molecule has 3 aromatic rings. The van der Waals surface area contributed by atoms with E-state index in [1.54, 1.807) is 12.3 Å². The number of sulfonamides is 1. The van der Waals surface area contributed by atoms with Crippen LogP contribution in [0, 0.1) is 0 Å². The maximum absolute atomic E-state index is 15.0. The molecule has 2 aromatic heterocycles. The van der Waals surface area contributed by atoms with E-state index in [-0.39, 0.29) is 13.2 Å². The maximum Gasteiger partial charge on any atom is 0.209 e. The van der Waals surface area contributed by atoms with E-state index >= 15 is 0 Å². The molecule has 1 fully saturated rings. The number of nitrogens with one attached hydrogen (secondary N) is 3. The van der Waals surface area contributed by atoms with Crippen LogP contribution in [0.1, 0.15) is 18.4 Å². The summed E-state index contributed by atoms with van der Waals surface area (Å²) in [5.41, 5.74) is 2.02. The monoisotopic (exact) mass is 432 g/mol. The summed E-state index contributed by atoms with van der Waals surface area (Å²) in [6, 6.07) is 9.34. The lowest BCUT2D eigenvalue weighted by Gasteiger charge is -2.29. The van der Waals surface area contributed by atoms with Gasteiger partial charge in [0.1, 0.15) is 23.7 Å². The van der Waals surface area contributed by atoms with Crippen LogP contribution >= 0.6 is 0 Å². The molecule has 9 heteroatoms. The molecule has 160 valence electrons. The summed E-state index contributed by atoms with van der Waals surface area (Å²) >= 11 is 0. The highest BCUT2D eigenvalue weighted by Gasteiger charge is 2.33. The Morgan fingerprint density at radius 2 is 1.93 bits per heavy atom. The third-order valence-electron chi connectivity index (χ3n) is 5.32. The van der Waals surface area contributed by atoms with Crippen molar-refractivity contribution in [2.45, 2.75) is 25.1 Å². The van der Waals surface area contributed by atoms with Crippen molar-refractivity contribution in [2.24, 2.45) is 0 Å². The zero-order valence-electron chi connectivity index (χ0n) is 16.7. The lowest BCUT2D eigenvalue weighted by atomic mass is 9.95. The van der Waals surface area contributed by atoms with Gasteiger partial charge in [0.25, 0.3) is 0 Å². The fraction of sp³-hybridized carbons (Fsp3) is 0.381.